The largest absolute Gasteiger partial charge is 0.489 e. The minimum Gasteiger partial charge on any atom is -0.489 e. The van der Waals surface area contributed by atoms with Crippen LogP contribution in [-0.2, 0) is 6.42 Å². The molecule has 1 aromatic rings. The number of likely N-dealkylation sites (tertiary alicyclic amines) is 1. The summed E-state index contributed by atoms with van der Waals surface area (Å²) in [6.07, 6.45) is 6.22. The Bertz CT molecular complexity index is 457. The highest BCUT2D eigenvalue weighted by molar-refractivity contribution is 5.35. The van der Waals surface area contributed by atoms with E-state index in [-0.39, 0.29) is 0 Å². The molecule has 0 amide bonds. The van der Waals surface area contributed by atoms with Gasteiger partial charge in [0.15, 0.2) is 0 Å². The highest BCUT2D eigenvalue weighted by Gasteiger charge is 2.24. The molecule has 0 spiro atoms. The number of ether oxygens (including phenoxy) is 1. The molecule has 122 valence electrons. The number of piperidine rings is 1. The number of rotatable bonds is 6. The van der Waals surface area contributed by atoms with Crippen LogP contribution >= 0.6 is 0 Å². The van der Waals surface area contributed by atoms with Gasteiger partial charge in [0.1, 0.15) is 11.9 Å². The van der Waals surface area contributed by atoms with Gasteiger partial charge in [0.2, 0.25) is 0 Å². The monoisotopic (exact) mass is 303 g/mol. The lowest BCUT2D eigenvalue weighted by molar-refractivity contribution is 0.0960. The van der Waals surface area contributed by atoms with Crippen LogP contribution in [0.3, 0.4) is 0 Å². The number of aryl methyl sites for hydroxylation is 1. The molecule has 2 heterocycles. The summed E-state index contributed by atoms with van der Waals surface area (Å²) in [6, 6.07) is 9.14. The first-order valence-electron chi connectivity index (χ1n) is 8.75. The quantitative estimate of drug-likeness (QED) is 0.787. The molecule has 0 saturated carbocycles. The van der Waals surface area contributed by atoms with E-state index in [0.717, 1.165) is 44.6 Å². The van der Waals surface area contributed by atoms with Crippen molar-refractivity contribution in [3.8, 4) is 5.75 Å². The number of hydrogen-bond acceptors (Lipinski definition) is 4. The van der Waals surface area contributed by atoms with Gasteiger partial charge in [-0.3, -0.25) is 4.90 Å². The summed E-state index contributed by atoms with van der Waals surface area (Å²) in [6.45, 7) is 5.28. The fourth-order valence-electron chi connectivity index (χ4n) is 3.52. The van der Waals surface area contributed by atoms with E-state index in [1.54, 1.807) is 0 Å². The van der Waals surface area contributed by atoms with E-state index in [2.05, 4.69) is 34.5 Å². The van der Waals surface area contributed by atoms with Crippen molar-refractivity contribution >= 4 is 0 Å². The van der Waals surface area contributed by atoms with E-state index >= 15 is 0 Å². The lowest BCUT2D eigenvalue weighted by Gasteiger charge is -2.36. The predicted molar refractivity (Wildman–Crippen MR) is 90.3 cm³/mol. The van der Waals surface area contributed by atoms with Gasteiger partial charge in [0.05, 0.1) is 0 Å². The van der Waals surface area contributed by atoms with E-state index in [0.29, 0.717) is 12.1 Å². The molecule has 0 bridgehead atoms. The summed E-state index contributed by atoms with van der Waals surface area (Å²) in [4.78, 5) is 2.57. The van der Waals surface area contributed by atoms with Gasteiger partial charge in [-0.1, -0.05) is 18.2 Å². The number of para-hydroxylation sites is 1. The van der Waals surface area contributed by atoms with Crippen molar-refractivity contribution in [1.29, 1.82) is 0 Å². The summed E-state index contributed by atoms with van der Waals surface area (Å²) < 4.78 is 6.17. The van der Waals surface area contributed by atoms with Gasteiger partial charge in [-0.05, 0) is 69.9 Å². The van der Waals surface area contributed by atoms with Gasteiger partial charge < -0.3 is 15.8 Å². The highest BCUT2D eigenvalue weighted by Crippen LogP contribution is 2.27. The van der Waals surface area contributed by atoms with Crippen molar-refractivity contribution in [3.63, 3.8) is 0 Å². The lowest BCUT2D eigenvalue weighted by Crippen LogP contribution is -2.46. The molecule has 3 N–H and O–H groups in total. The Morgan fingerprint density at radius 3 is 2.82 bits per heavy atom. The van der Waals surface area contributed by atoms with Crippen LogP contribution in [0.4, 0.5) is 0 Å². The van der Waals surface area contributed by atoms with Gasteiger partial charge in [0, 0.05) is 12.6 Å². The third-order valence-electron chi connectivity index (χ3n) is 4.87. The average Bonchev–Trinajstić information content (AvgIpc) is 2.57. The van der Waals surface area contributed by atoms with Gasteiger partial charge in [-0.15, -0.1) is 0 Å². The zero-order valence-corrected chi connectivity index (χ0v) is 13.5. The maximum Gasteiger partial charge on any atom is 0.122 e. The second kappa shape index (κ2) is 7.95. The molecule has 1 aromatic carbocycles. The molecule has 22 heavy (non-hydrogen) atoms. The molecule has 0 aliphatic carbocycles. The minimum absolute atomic E-state index is 0.358. The molecule has 1 unspecified atom stereocenters. The highest BCUT2D eigenvalue weighted by atomic mass is 16.5. The summed E-state index contributed by atoms with van der Waals surface area (Å²) in [5.41, 5.74) is 6.90. The summed E-state index contributed by atoms with van der Waals surface area (Å²) in [5.74, 6) is 1.09. The van der Waals surface area contributed by atoms with Crippen LogP contribution in [0.2, 0.25) is 0 Å². The second-order valence-corrected chi connectivity index (χ2v) is 6.56. The van der Waals surface area contributed by atoms with Crippen LogP contribution in [0, 0.1) is 0 Å². The third kappa shape index (κ3) is 4.22. The molecule has 4 nitrogen and oxygen atoms in total. The first kappa shape index (κ1) is 15.8. The van der Waals surface area contributed by atoms with Crippen LogP contribution in [-0.4, -0.2) is 49.8 Å². The Morgan fingerprint density at radius 1 is 1.18 bits per heavy atom. The van der Waals surface area contributed by atoms with E-state index in [4.69, 9.17) is 10.5 Å². The molecule has 2 aliphatic rings. The Hall–Kier alpha value is -1.10. The number of nitrogens with two attached hydrogens (primary N) is 1. The van der Waals surface area contributed by atoms with Crippen LogP contribution in [0.1, 0.15) is 31.2 Å². The Morgan fingerprint density at radius 2 is 2.00 bits per heavy atom. The molecule has 0 aromatic heterocycles. The molecular formula is C18H29N3O. The van der Waals surface area contributed by atoms with Crippen LogP contribution in [0.15, 0.2) is 24.3 Å². The average molecular weight is 303 g/mol. The van der Waals surface area contributed by atoms with Crippen molar-refractivity contribution in [3.05, 3.63) is 29.8 Å². The van der Waals surface area contributed by atoms with Gasteiger partial charge >= 0.3 is 0 Å². The van der Waals surface area contributed by atoms with Crippen LogP contribution < -0.4 is 15.8 Å². The summed E-state index contributed by atoms with van der Waals surface area (Å²) in [5, 5.41) is 3.62. The molecule has 1 saturated heterocycles. The normalized spacial score (nSPS) is 23.0. The molecule has 0 radical (unpaired) electrons. The van der Waals surface area contributed by atoms with Crippen molar-refractivity contribution in [2.24, 2.45) is 5.73 Å². The Kier molecular flexibility index (Phi) is 5.70. The standard InChI is InChI=1S/C18H29N3O/c19-10-3-11-20-16-8-12-21(13-9-16)14-17-7-6-15-4-1-2-5-18(15)22-17/h1-2,4-5,16-17,20H,3,6-14,19H2. The zero-order chi connectivity index (χ0) is 15.2. The van der Waals surface area contributed by atoms with E-state index in [9.17, 15) is 0 Å². The topological polar surface area (TPSA) is 50.5 Å². The molecule has 1 atom stereocenters. The minimum atomic E-state index is 0.358. The lowest BCUT2D eigenvalue weighted by atomic mass is 10.0. The first-order valence-corrected chi connectivity index (χ1v) is 8.75. The van der Waals surface area contributed by atoms with Gasteiger partial charge in [-0.25, -0.2) is 0 Å². The summed E-state index contributed by atoms with van der Waals surface area (Å²) >= 11 is 0. The van der Waals surface area contributed by atoms with Gasteiger partial charge in [-0.2, -0.15) is 0 Å². The number of nitrogens with one attached hydrogen (secondary N) is 1. The first-order chi connectivity index (χ1) is 10.8. The number of nitrogens with zero attached hydrogens (tertiary/aromatic N) is 1. The second-order valence-electron chi connectivity index (χ2n) is 6.56. The maximum atomic E-state index is 6.17. The van der Waals surface area contributed by atoms with E-state index < -0.39 is 0 Å². The molecule has 4 heteroatoms. The fraction of sp³-hybridized carbons (Fsp3) is 0.667. The Balaban J connectivity index is 1.40. The van der Waals surface area contributed by atoms with Crippen molar-refractivity contribution in [1.82, 2.24) is 10.2 Å². The van der Waals surface area contributed by atoms with Crippen molar-refractivity contribution < 1.29 is 4.74 Å². The molecule has 1 fully saturated rings. The SMILES string of the molecule is NCCCNC1CCN(CC2CCc3ccccc3O2)CC1. The molecular weight excluding hydrogens is 274 g/mol. The fourth-order valence-corrected chi connectivity index (χ4v) is 3.52. The third-order valence-corrected chi connectivity index (χ3v) is 4.87. The molecule has 2 aliphatic heterocycles. The van der Waals surface area contributed by atoms with Crippen molar-refractivity contribution in [2.75, 3.05) is 32.7 Å². The number of fused-ring (bicyclic) bond motifs is 1. The smallest absolute Gasteiger partial charge is 0.122 e. The molecule has 3 rings (SSSR count). The predicted octanol–water partition coefficient (Wildman–Crippen LogP) is 1.78. The van der Waals surface area contributed by atoms with E-state index in [1.807, 2.05) is 0 Å². The van der Waals surface area contributed by atoms with Crippen LogP contribution in [0.5, 0.6) is 5.75 Å². The van der Waals surface area contributed by atoms with Crippen LogP contribution in [0.25, 0.3) is 0 Å². The summed E-state index contributed by atoms with van der Waals surface area (Å²) in [7, 11) is 0. The Labute approximate surface area is 134 Å². The maximum absolute atomic E-state index is 6.17. The van der Waals surface area contributed by atoms with E-state index in [1.165, 1.54) is 31.5 Å². The zero-order valence-electron chi connectivity index (χ0n) is 13.5. The number of benzene rings is 1. The van der Waals surface area contributed by atoms with Gasteiger partial charge in [0.25, 0.3) is 0 Å². The van der Waals surface area contributed by atoms with Crippen molar-refractivity contribution in [2.45, 2.75) is 44.2 Å². The number of hydrogen-bond donors (Lipinski definition) is 2.